The number of benzene rings is 2. The Labute approximate surface area is 182 Å². The van der Waals surface area contributed by atoms with Crippen LogP contribution in [0.15, 0.2) is 53.5 Å². The molecule has 164 valence electrons. The van der Waals surface area contributed by atoms with Crippen molar-refractivity contribution >= 4 is 38.4 Å². The number of aryl methyl sites for hydroxylation is 1. The van der Waals surface area contributed by atoms with E-state index in [1.54, 1.807) is 0 Å². The van der Waals surface area contributed by atoms with Gasteiger partial charge in [0.15, 0.2) is 15.0 Å². The van der Waals surface area contributed by atoms with Crippen molar-refractivity contribution in [3.8, 4) is 0 Å². The van der Waals surface area contributed by atoms with Gasteiger partial charge in [-0.1, -0.05) is 47.7 Å². The standard InChI is InChI=1S/C21H19F3N2O3S2/c1-13-5-7-14(8-6-13)9-19(27)25-20-26(17-11-31(28,29)12-18(17)30-20)16-4-2-3-15(10-16)21(22,23)24/h2-8,10,17-18H,9,11-12H2,1H3. The molecule has 2 atom stereocenters. The summed E-state index contributed by atoms with van der Waals surface area (Å²) in [5.41, 5.74) is 1.16. The molecule has 2 aliphatic rings. The topological polar surface area (TPSA) is 66.8 Å². The van der Waals surface area contributed by atoms with Gasteiger partial charge in [0, 0.05) is 10.9 Å². The van der Waals surface area contributed by atoms with Crippen LogP contribution in [0.3, 0.4) is 0 Å². The van der Waals surface area contributed by atoms with Gasteiger partial charge in [-0.25, -0.2) is 8.42 Å². The Hall–Kier alpha value is -2.33. The van der Waals surface area contributed by atoms with E-state index in [9.17, 15) is 26.4 Å². The summed E-state index contributed by atoms with van der Waals surface area (Å²) in [6.07, 6.45) is -4.49. The summed E-state index contributed by atoms with van der Waals surface area (Å²) in [5.74, 6) is -0.721. The average Bonchev–Trinajstić information content (AvgIpc) is 3.13. The van der Waals surface area contributed by atoms with E-state index in [2.05, 4.69) is 4.99 Å². The lowest BCUT2D eigenvalue weighted by Gasteiger charge is -2.25. The molecule has 0 saturated carbocycles. The molecule has 31 heavy (non-hydrogen) atoms. The lowest BCUT2D eigenvalue weighted by molar-refractivity contribution is -0.137. The zero-order chi connectivity index (χ0) is 22.4. The summed E-state index contributed by atoms with van der Waals surface area (Å²) >= 11 is 1.14. The van der Waals surface area contributed by atoms with E-state index in [0.29, 0.717) is 0 Å². The van der Waals surface area contributed by atoms with Gasteiger partial charge in [-0.2, -0.15) is 18.2 Å². The van der Waals surface area contributed by atoms with Gasteiger partial charge >= 0.3 is 6.18 Å². The second kappa shape index (κ2) is 7.98. The van der Waals surface area contributed by atoms with Crippen LogP contribution in [0, 0.1) is 6.92 Å². The zero-order valence-corrected chi connectivity index (χ0v) is 18.1. The van der Waals surface area contributed by atoms with E-state index in [1.807, 2.05) is 31.2 Å². The zero-order valence-electron chi connectivity index (χ0n) is 16.5. The number of nitrogens with zero attached hydrogens (tertiary/aromatic N) is 2. The van der Waals surface area contributed by atoms with Crippen LogP contribution in [0.2, 0.25) is 0 Å². The molecule has 2 aromatic carbocycles. The number of carbonyl (C=O) groups is 1. The third-order valence-electron chi connectivity index (χ3n) is 5.21. The van der Waals surface area contributed by atoms with Crippen molar-refractivity contribution in [1.82, 2.24) is 0 Å². The number of halogens is 3. The Morgan fingerprint density at radius 2 is 1.87 bits per heavy atom. The number of fused-ring (bicyclic) bond motifs is 1. The van der Waals surface area contributed by atoms with Gasteiger partial charge < -0.3 is 4.90 Å². The number of amidine groups is 1. The third-order valence-corrected chi connectivity index (χ3v) is 8.42. The van der Waals surface area contributed by atoms with Crippen LogP contribution in [-0.4, -0.2) is 42.3 Å². The minimum atomic E-state index is -4.54. The van der Waals surface area contributed by atoms with Crippen LogP contribution in [0.1, 0.15) is 16.7 Å². The van der Waals surface area contributed by atoms with Crippen LogP contribution in [-0.2, 0) is 27.2 Å². The second-order valence-electron chi connectivity index (χ2n) is 7.67. The van der Waals surface area contributed by atoms with Crippen LogP contribution in [0.5, 0.6) is 0 Å². The number of aliphatic imine (C=N–C) groups is 1. The maximum atomic E-state index is 13.2. The molecule has 5 nitrogen and oxygen atoms in total. The lowest BCUT2D eigenvalue weighted by Crippen LogP contribution is -2.38. The van der Waals surface area contributed by atoms with Crippen molar-refractivity contribution in [1.29, 1.82) is 0 Å². The van der Waals surface area contributed by atoms with Crippen LogP contribution in [0.25, 0.3) is 0 Å². The summed E-state index contributed by atoms with van der Waals surface area (Å²) in [6, 6.07) is 11.5. The molecule has 2 aromatic rings. The number of sulfone groups is 1. The number of anilines is 1. The number of amides is 1. The summed E-state index contributed by atoms with van der Waals surface area (Å²) < 4.78 is 63.9. The Balaban J connectivity index is 1.67. The molecular weight excluding hydrogens is 449 g/mol. The SMILES string of the molecule is Cc1ccc(CC(=O)N=C2SC3CS(=O)(=O)CC3N2c2cccc(C(F)(F)F)c2)cc1. The van der Waals surface area contributed by atoms with Gasteiger partial charge in [0.1, 0.15) is 0 Å². The molecule has 0 aliphatic carbocycles. The molecule has 2 fully saturated rings. The molecule has 2 unspecified atom stereocenters. The fourth-order valence-corrected chi connectivity index (χ4v) is 7.66. The molecule has 1 amide bonds. The fraction of sp³-hybridized carbons (Fsp3) is 0.333. The summed E-state index contributed by atoms with van der Waals surface area (Å²) in [6.45, 7) is 1.93. The monoisotopic (exact) mass is 468 g/mol. The molecule has 4 rings (SSSR count). The van der Waals surface area contributed by atoms with Gasteiger partial charge in [-0.05, 0) is 30.7 Å². The van der Waals surface area contributed by atoms with Crippen molar-refractivity contribution in [2.45, 2.75) is 30.8 Å². The number of alkyl halides is 3. The number of hydrogen-bond acceptors (Lipinski definition) is 4. The van der Waals surface area contributed by atoms with Crippen molar-refractivity contribution in [2.75, 3.05) is 16.4 Å². The average molecular weight is 469 g/mol. The number of rotatable bonds is 3. The van der Waals surface area contributed by atoms with Crippen molar-refractivity contribution in [2.24, 2.45) is 4.99 Å². The maximum absolute atomic E-state index is 13.2. The van der Waals surface area contributed by atoms with Crippen LogP contribution >= 0.6 is 11.8 Å². The van der Waals surface area contributed by atoms with E-state index in [-0.39, 0.29) is 34.0 Å². The summed E-state index contributed by atoms with van der Waals surface area (Å²) in [4.78, 5) is 18.2. The number of hydrogen-bond donors (Lipinski definition) is 0. The first-order valence-corrected chi connectivity index (χ1v) is 12.2. The summed E-state index contributed by atoms with van der Waals surface area (Å²) in [5, 5.41) is -0.146. The maximum Gasteiger partial charge on any atom is 0.416 e. The van der Waals surface area contributed by atoms with E-state index >= 15 is 0 Å². The molecule has 10 heteroatoms. The highest BCUT2D eigenvalue weighted by Gasteiger charge is 2.49. The highest BCUT2D eigenvalue weighted by Crippen LogP contribution is 2.42. The molecule has 2 aliphatic heterocycles. The highest BCUT2D eigenvalue weighted by molar-refractivity contribution is 8.16. The van der Waals surface area contributed by atoms with Gasteiger partial charge in [0.25, 0.3) is 5.91 Å². The first kappa shape index (κ1) is 21.9. The molecule has 0 aromatic heterocycles. The van der Waals surface area contributed by atoms with Gasteiger partial charge in [-0.15, -0.1) is 0 Å². The lowest BCUT2D eigenvalue weighted by atomic mass is 10.1. The number of thioether (sulfide) groups is 1. The van der Waals surface area contributed by atoms with Crippen molar-refractivity contribution in [3.63, 3.8) is 0 Å². The van der Waals surface area contributed by atoms with Gasteiger partial charge in [-0.3, -0.25) is 4.79 Å². The molecule has 0 bridgehead atoms. The molecule has 0 spiro atoms. The molecular formula is C21H19F3N2O3S2. The van der Waals surface area contributed by atoms with E-state index in [1.165, 1.54) is 17.0 Å². The first-order chi connectivity index (χ1) is 14.5. The van der Waals surface area contributed by atoms with E-state index < -0.39 is 33.5 Å². The van der Waals surface area contributed by atoms with Crippen molar-refractivity contribution in [3.05, 3.63) is 65.2 Å². The van der Waals surface area contributed by atoms with Crippen LogP contribution in [0.4, 0.5) is 18.9 Å². The Morgan fingerprint density at radius 1 is 1.16 bits per heavy atom. The predicted octanol–water partition coefficient (Wildman–Crippen LogP) is 3.86. The minimum Gasteiger partial charge on any atom is -0.316 e. The smallest absolute Gasteiger partial charge is 0.316 e. The largest absolute Gasteiger partial charge is 0.416 e. The molecule has 2 heterocycles. The Kier molecular flexibility index (Phi) is 5.63. The van der Waals surface area contributed by atoms with Gasteiger partial charge in [0.2, 0.25) is 0 Å². The fourth-order valence-electron chi connectivity index (χ4n) is 3.73. The van der Waals surface area contributed by atoms with Crippen LogP contribution < -0.4 is 4.90 Å². The van der Waals surface area contributed by atoms with Crippen molar-refractivity contribution < 1.29 is 26.4 Å². The first-order valence-electron chi connectivity index (χ1n) is 9.52. The third kappa shape index (κ3) is 4.79. The normalized spacial score (nSPS) is 23.9. The molecule has 2 saturated heterocycles. The highest BCUT2D eigenvalue weighted by atomic mass is 32.2. The second-order valence-corrected chi connectivity index (χ2v) is 11.0. The molecule has 0 radical (unpaired) electrons. The predicted molar refractivity (Wildman–Crippen MR) is 115 cm³/mol. The van der Waals surface area contributed by atoms with Gasteiger partial charge in [0.05, 0.1) is 29.5 Å². The Bertz CT molecular complexity index is 1150. The minimum absolute atomic E-state index is 0.0500. The summed E-state index contributed by atoms with van der Waals surface area (Å²) in [7, 11) is -3.31. The molecule has 0 N–H and O–H groups in total. The quantitative estimate of drug-likeness (QED) is 0.685. The van der Waals surface area contributed by atoms with E-state index in [4.69, 9.17) is 0 Å². The number of carbonyl (C=O) groups excluding carboxylic acids is 1. The van der Waals surface area contributed by atoms with E-state index in [0.717, 1.165) is 35.0 Å². The Morgan fingerprint density at radius 3 is 2.55 bits per heavy atom.